The Labute approximate surface area is 278 Å². The van der Waals surface area contributed by atoms with Crippen LogP contribution in [0.15, 0.2) is 66.7 Å². The molecule has 0 aliphatic rings. The number of benzene rings is 3. The van der Waals surface area contributed by atoms with Crippen molar-refractivity contribution in [1.82, 2.24) is 10.6 Å². The van der Waals surface area contributed by atoms with Crippen LogP contribution < -0.4 is 20.7 Å². The molecule has 0 aliphatic carbocycles. The topological polar surface area (TPSA) is 140 Å². The van der Waals surface area contributed by atoms with Gasteiger partial charge in [-0.3, -0.25) is 24.0 Å². The molecule has 268 valence electrons. The van der Waals surface area contributed by atoms with Gasteiger partial charge in [-0.15, -0.1) is 0 Å². The van der Waals surface area contributed by atoms with Crippen LogP contribution in [0.1, 0.15) is 36.5 Å². The van der Waals surface area contributed by atoms with Crippen molar-refractivity contribution in [2.45, 2.75) is 50.8 Å². The Bertz CT molecular complexity index is 1660. The van der Waals surface area contributed by atoms with Crippen LogP contribution in [-0.2, 0) is 47.7 Å². The summed E-state index contributed by atoms with van der Waals surface area (Å²) in [4.78, 5) is 62.8. The van der Waals surface area contributed by atoms with E-state index in [9.17, 15) is 59.1 Å². The Hall–Kier alpha value is -5.55. The number of carbonyl (C=O) groups is 5. The monoisotopic (exact) mass is 717 g/mol. The molecule has 0 heterocycles. The van der Waals surface area contributed by atoms with Gasteiger partial charge in [0.05, 0.1) is 17.2 Å². The summed E-state index contributed by atoms with van der Waals surface area (Å²) in [5.74, 6) is -9.63. The third-order valence-electron chi connectivity index (χ3n) is 6.68. The number of hydrogen-bond donors (Lipinski definition) is 3. The predicted octanol–water partition coefficient (Wildman–Crippen LogP) is 5.10. The first-order valence-electron chi connectivity index (χ1n) is 14.4. The van der Waals surface area contributed by atoms with Crippen molar-refractivity contribution in [3.05, 3.63) is 95.1 Å². The maximum atomic E-state index is 13.8. The van der Waals surface area contributed by atoms with E-state index in [1.807, 2.05) is 5.32 Å². The van der Waals surface area contributed by atoms with Crippen molar-refractivity contribution in [3.8, 4) is 5.75 Å². The Balaban J connectivity index is 1.72. The summed E-state index contributed by atoms with van der Waals surface area (Å²) in [6.07, 6.45) is -11.4. The van der Waals surface area contributed by atoms with Crippen LogP contribution in [0.5, 0.6) is 5.75 Å². The number of esters is 1. The zero-order valence-corrected chi connectivity index (χ0v) is 25.7. The second-order valence-electron chi connectivity index (χ2n) is 10.5. The minimum absolute atomic E-state index is 0.151. The van der Waals surface area contributed by atoms with Crippen LogP contribution in [0.25, 0.3) is 0 Å². The molecule has 10 nitrogen and oxygen atoms in total. The molecular formula is C32H27F8N3O7. The first-order chi connectivity index (χ1) is 23.3. The standard InChI is InChI=1S/C32H27F8N3O7/c1-17(41-29(47)30(48)43-27-22(33)8-5-9-23(27)34)28(46)42-24(10-11-26(45)50-15-18-6-3-2-4-7-18)25(44)16-49-21-13-19(31(35,36)37)12-20(14-21)32(38,39)40/h2-9,12-14,17,24H,10-11,15-16H2,1H3,(H,41,47)(H,42,46)(H,43,48)/t17-,24-/m0/s1. The molecule has 3 aromatic carbocycles. The number of nitrogens with one attached hydrogen (secondary N) is 3. The SMILES string of the molecule is C[C@H](NC(=O)C(=O)Nc1c(F)cccc1F)C(=O)N[C@@H](CCC(=O)OCc1ccccc1)C(=O)COc1cc(C(F)(F)F)cc(C(F)(F)F)c1. The van der Waals surface area contributed by atoms with E-state index in [1.165, 1.54) is 0 Å². The van der Waals surface area contributed by atoms with Crippen molar-refractivity contribution in [1.29, 1.82) is 0 Å². The molecule has 0 spiro atoms. The Morgan fingerprint density at radius 2 is 1.34 bits per heavy atom. The summed E-state index contributed by atoms with van der Waals surface area (Å²) in [5, 5.41) is 5.79. The number of amides is 3. The predicted molar refractivity (Wildman–Crippen MR) is 157 cm³/mol. The van der Waals surface area contributed by atoms with E-state index in [2.05, 4.69) is 5.32 Å². The number of carbonyl (C=O) groups excluding carboxylic acids is 5. The molecular weight excluding hydrogens is 690 g/mol. The molecule has 0 radical (unpaired) electrons. The van der Waals surface area contributed by atoms with Crippen molar-refractivity contribution >= 4 is 35.2 Å². The van der Waals surface area contributed by atoms with Crippen molar-refractivity contribution in [2.75, 3.05) is 11.9 Å². The highest BCUT2D eigenvalue weighted by Crippen LogP contribution is 2.38. The molecule has 50 heavy (non-hydrogen) atoms. The average molecular weight is 718 g/mol. The highest BCUT2D eigenvalue weighted by Gasteiger charge is 2.37. The Morgan fingerprint density at radius 1 is 0.760 bits per heavy atom. The first-order valence-corrected chi connectivity index (χ1v) is 14.4. The van der Waals surface area contributed by atoms with Crippen molar-refractivity contribution in [3.63, 3.8) is 0 Å². The van der Waals surface area contributed by atoms with Gasteiger partial charge >= 0.3 is 30.1 Å². The van der Waals surface area contributed by atoms with Crippen LogP contribution >= 0.6 is 0 Å². The van der Waals surface area contributed by atoms with Crippen LogP contribution in [0.4, 0.5) is 40.8 Å². The number of ether oxygens (including phenoxy) is 2. The fraction of sp³-hybridized carbons (Fsp3) is 0.281. The van der Waals surface area contributed by atoms with E-state index in [4.69, 9.17) is 9.47 Å². The summed E-state index contributed by atoms with van der Waals surface area (Å²) >= 11 is 0. The van der Waals surface area contributed by atoms with Crippen LogP contribution in [0, 0.1) is 11.6 Å². The highest BCUT2D eigenvalue weighted by molar-refractivity contribution is 6.40. The molecule has 0 fully saturated rings. The van der Waals surface area contributed by atoms with Crippen molar-refractivity contribution in [2.24, 2.45) is 0 Å². The number of halogens is 8. The Kier molecular flexibility index (Phi) is 13.0. The quantitative estimate of drug-likeness (QED) is 0.127. The molecule has 0 aliphatic heterocycles. The summed E-state index contributed by atoms with van der Waals surface area (Å²) < 4.78 is 117. The third kappa shape index (κ3) is 11.6. The first kappa shape index (κ1) is 38.9. The summed E-state index contributed by atoms with van der Waals surface area (Å²) in [6.45, 7) is -0.301. The summed E-state index contributed by atoms with van der Waals surface area (Å²) in [6, 6.07) is 7.98. The average Bonchev–Trinajstić information content (AvgIpc) is 3.05. The molecule has 0 aromatic heterocycles. The number of para-hydroxylation sites is 1. The van der Waals surface area contributed by atoms with Crippen molar-refractivity contribution < 1.29 is 68.6 Å². The van der Waals surface area contributed by atoms with Gasteiger partial charge in [-0.1, -0.05) is 36.4 Å². The van der Waals surface area contributed by atoms with Gasteiger partial charge in [-0.2, -0.15) is 26.3 Å². The van der Waals surface area contributed by atoms with Gasteiger partial charge in [0.1, 0.15) is 42.3 Å². The largest absolute Gasteiger partial charge is 0.486 e. The van der Waals surface area contributed by atoms with Crippen LogP contribution in [0.3, 0.4) is 0 Å². The maximum Gasteiger partial charge on any atom is 0.416 e. The second-order valence-corrected chi connectivity index (χ2v) is 10.5. The molecule has 0 saturated carbocycles. The number of anilines is 1. The summed E-state index contributed by atoms with van der Waals surface area (Å²) in [7, 11) is 0. The van der Waals surface area contributed by atoms with E-state index < -0.39 is 108 Å². The minimum Gasteiger partial charge on any atom is -0.486 e. The van der Waals surface area contributed by atoms with Gasteiger partial charge in [-0.05, 0) is 49.2 Å². The van der Waals surface area contributed by atoms with Crippen LogP contribution in [-0.4, -0.2) is 48.2 Å². The molecule has 2 atom stereocenters. The molecule has 18 heteroatoms. The van der Waals surface area contributed by atoms with E-state index in [1.54, 1.807) is 35.6 Å². The lowest BCUT2D eigenvalue weighted by Crippen LogP contribution is -2.52. The lowest BCUT2D eigenvalue weighted by Gasteiger charge is -2.21. The zero-order chi connectivity index (χ0) is 37.2. The number of alkyl halides is 6. The van der Waals surface area contributed by atoms with Gasteiger partial charge in [0.25, 0.3) is 0 Å². The Morgan fingerprint density at radius 3 is 1.90 bits per heavy atom. The van der Waals surface area contributed by atoms with E-state index in [0.29, 0.717) is 5.56 Å². The van der Waals surface area contributed by atoms with Gasteiger partial charge in [0.15, 0.2) is 5.78 Å². The number of Topliss-reactive ketones (excluding diaryl/α,β-unsaturated/α-hetero) is 1. The van der Waals surface area contributed by atoms with E-state index in [0.717, 1.165) is 25.1 Å². The zero-order valence-electron chi connectivity index (χ0n) is 25.7. The molecule has 0 saturated heterocycles. The van der Waals surface area contributed by atoms with Crippen LogP contribution in [0.2, 0.25) is 0 Å². The smallest absolute Gasteiger partial charge is 0.416 e. The highest BCUT2D eigenvalue weighted by atomic mass is 19.4. The van der Waals surface area contributed by atoms with Gasteiger partial charge < -0.3 is 25.4 Å². The fourth-order valence-electron chi connectivity index (χ4n) is 4.06. The van der Waals surface area contributed by atoms with Gasteiger partial charge in [0.2, 0.25) is 5.91 Å². The maximum absolute atomic E-state index is 13.8. The van der Waals surface area contributed by atoms with Gasteiger partial charge in [0, 0.05) is 6.42 Å². The van der Waals surface area contributed by atoms with E-state index >= 15 is 0 Å². The fourth-order valence-corrected chi connectivity index (χ4v) is 4.06. The third-order valence-corrected chi connectivity index (χ3v) is 6.68. The molecule has 0 unspecified atom stereocenters. The lowest BCUT2D eigenvalue weighted by molar-refractivity contribution is -0.146. The summed E-state index contributed by atoms with van der Waals surface area (Å²) in [5.41, 5.74) is -3.77. The number of ketones is 1. The number of rotatable bonds is 13. The normalized spacial score (nSPS) is 12.7. The molecule has 3 amide bonds. The molecule has 3 aromatic rings. The molecule has 3 N–H and O–H groups in total. The molecule has 0 bridgehead atoms. The second kappa shape index (κ2) is 16.7. The molecule has 3 rings (SSSR count). The lowest BCUT2D eigenvalue weighted by atomic mass is 10.1. The van der Waals surface area contributed by atoms with Gasteiger partial charge in [-0.25, -0.2) is 8.78 Å². The minimum atomic E-state index is -5.21. The number of hydrogen-bond acceptors (Lipinski definition) is 7. The van der Waals surface area contributed by atoms with E-state index in [-0.39, 0.29) is 24.8 Å².